The van der Waals surface area contributed by atoms with Crippen LogP contribution in [-0.4, -0.2) is 7.11 Å². The minimum Gasteiger partial charge on any atom is -0.497 e. The van der Waals surface area contributed by atoms with E-state index >= 15 is 0 Å². The second-order valence-electron chi connectivity index (χ2n) is 4.27. The smallest absolute Gasteiger partial charge is 0.125 e. The third kappa shape index (κ3) is 3.47. The van der Waals surface area contributed by atoms with Crippen molar-refractivity contribution in [3.63, 3.8) is 0 Å². The Labute approximate surface area is 120 Å². The molecule has 19 heavy (non-hydrogen) atoms. The van der Waals surface area contributed by atoms with E-state index in [0.717, 1.165) is 27.0 Å². The quantitative estimate of drug-likeness (QED) is 0.893. The molecular formula is C15H15BrFNO. The number of halogens is 2. The molecular weight excluding hydrogens is 309 g/mol. The normalized spacial score (nSPS) is 10.3. The molecule has 0 radical (unpaired) electrons. The van der Waals surface area contributed by atoms with Gasteiger partial charge in [0.2, 0.25) is 0 Å². The van der Waals surface area contributed by atoms with E-state index in [0.29, 0.717) is 6.54 Å². The van der Waals surface area contributed by atoms with Crippen LogP contribution in [-0.2, 0) is 6.54 Å². The average Bonchev–Trinajstić information content (AvgIpc) is 2.41. The molecule has 0 aromatic heterocycles. The highest BCUT2D eigenvalue weighted by molar-refractivity contribution is 9.10. The summed E-state index contributed by atoms with van der Waals surface area (Å²) in [5.41, 5.74) is 2.87. The van der Waals surface area contributed by atoms with E-state index in [4.69, 9.17) is 4.74 Å². The molecule has 1 N–H and O–H groups in total. The van der Waals surface area contributed by atoms with Gasteiger partial charge in [0.05, 0.1) is 7.11 Å². The fraction of sp³-hybridized carbons (Fsp3) is 0.200. The lowest BCUT2D eigenvalue weighted by molar-refractivity contribution is 0.414. The molecule has 2 aromatic carbocycles. The average molecular weight is 324 g/mol. The van der Waals surface area contributed by atoms with Gasteiger partial charge in [0, 0.05) is 16.7 Å². The third-order valence-electron chi connectivity index (χ3n) is 2.92. The van der Waals surface area contributed by atoms with Crippen molar-refractivity contribution in [1.82, 2.24) is 0 Å². The van der Waals surface area contributed by atoms with Crippen molar-refractivity contribution in [1.29, 1.82) is 0 Å². The van der Waals surface area contributed by atoms with Crippen LogP contribution in [0.1, 0.15) is 11.1 Å². The zero-order valence-corrected chi connectivity index (χ0v) is 12.4. The van der Waals surface area contributed by atoms with Crippen LogP contribution < -0.4 is 10.1 Å². The lowest BCUT2D eigenvalue weighted by Crippen LogP contribution is -2.02. The largest absolute Gasteiger partial charge is 0.497 e. The molecule has 2 nitrogen and oxygen atoms in total. The summed E-state index contributed by atoms with van der Waals surface area (Å²) in [7, 11) is 1.64. The van der Waals surface area contributed by atoms with Gasteiger partial charge in [0.1, 0.15) is 11.6 Å². The summed E-state index contributed by atoms with van der Waals surface area (Å²) in [6, 6.07) is 10.5. The number of benzene rings is 2. The topological polar surface area (TPSA) is 21.3 Å². The Hall–Kier alpha value is -1.55. The van der Waals surface area contributed by atoms with Crippen LogP contribution in [0.15, 0.2) is 40.9 Å². The SMILES string of the molecule is COc1ccc(Br)c(CNc2cc(F)ccc2C)c1. The van der Waals surface area contributed by atoms with Crippen LogP contribution in [0.25, 0.3) is 0 Å². The number of nitrogens with one attached hydrogen (secondary N) is 1. The number of methoxy groups -OCH3 is 1. The van der Waals surface area contributed by atoms with Crippen LogP contribution in [0.2, 0.25) is 0 Å². The van der Waals surface area contributed by atoms with E-state index in [-0.39, 0.29) is 5.82 Å². The molecule has 0 aliphatic carbocycles. The Morgan fingerprint density at radius 3 is 2.74 bits per heavy atom. The Bertz CT molecular complexity index is 586. The number of aryl methyl sites for hydroxylation is 1. The summed E-state index contributed by atoms with van der Waals surface area (Å²) >= 11 is 3.50. The van der Waals surface area contributed by atoms with E-state index in [9.17, 15) is 4.39 Å². The monoisotopic (exact) mass is 323 g/mol. The van der Waals surface area contributed by atoms with Crippen molar-refractivity contribution >= 4 is 21.6 Å². The third-order valence-corrected chi connectivity index (χ3v) is 3.70. The van der Waals surface area contributed by atoms with E-state index in [1.165, 1.54) is 12.1 Å². The highest BCUT2D eigenvalue weighted by Crippen LogP contribution is 2.24. The summed E-state index contributed by atoms with van der Waals surface area (Å²) < 4.78 is 19.4. The molecule has 0 saturated heterocycles. The summed E-state index contributed by atoms with van der Waals surface area (Å²) in [4.78, 5) is 0. The molecule has 0 atom stereocenters. The molecule has 0 fully saturated rings. The molecule has 0 unspecified atom stereocenters. The second kappa shape index (κ2) is 6.06. The van der Waals surface area contributed by atoms with E-state index in [1.54, 1.807) is 13.2 Å². The predicted octanol–water partition coefficient (Wildman–Crippen LogP) is 4.52. The van der Waals surface area contributed by atoms with Gasteiger partial charge in [-0.2, -0.15) is 0 Å². The number of hydrogen-bond acceptors (Lipinski definition) is 2. The van der Waals surface area contributed by atoms with Gasteiger partial charge in [-0.05, 0) is 48.4 Å². The van der Waals surface area contributed by atoms with Crippen molar-refractivity contribution < 1.29 is 9.13 Å². The van der Waals surface area contributed by atoms with Gasteiger partial charge in [-0.15, -0.1) is 0 Å². The maximum atomic E-state index is 13.2. The Balaban J connectivity index is 2.16. The fourth-order valence-corrected chi connectivity index (χ4v) is 2.18. The van der Waals surface area contributed by atoms with Crippen molar-refractivity contribution in [2.24, 2.45) is 0 Å². The lowest BCUT2D eigenvalue weighted by Gasteiger charge is -2.12. The molecule has 0 aliphatic heterocycles. The van der Waals surface area contributed by atoms with Crippen molar-refractivity contribution in [2.45, 2.75) is 13.5 Å². The first-order valence-corrected chi connectivity index (χ1v) is 6.72. The van der Waals surface area contributed by atoms with Crippen LogP contribution >= 0.6 is 15.9 Å². The summed E-state index contributed by atoms with van der Waals surface area (Å²) in [5, 5.41) is 3.24. The second-order valence-corrected chi connectivity index (χ2v) is 5.12. The van der Waals surface area contributed by atoms with Gasteiger partial charge < -0.3 is 10.1 Å². The standard InChI is InChI=1S/C15H15BrFNO/c1-10-3-4-12(17)8-15(10)18-9-11-7-13(19-2)5-6-14(11)16/h3-8,18H,9H2,1-2H3. The predicted molar refractivity (Wildman–Crippen MR) is 79.2 cm³/mol. The molecule has 2 aromatic rings. The fourth-order valence-electron chi connectivity index (χ4n) is 1.79. The van der Waals surface area contributed by atoms with Crippen LogP contribution in [0.4, 0.5) is 10.1 Å². The molecule has 100 valence electrons. The number of ether oxygens (including phenoxy) is 1. The number of hydrogen-bond donors (Lipinski definition) is 1. The van der Waals surface area contributed by atoms with Gasteiger partial charge in [0.25, 0.3) is 0 Å². The zero-order chi connectivity index (χ0) is 13.8. The summed E-state index contributed by atoms with van der Waals surface area (Å²) in [6.07, 6.45) is 0. The van der Waals surface area contributed by atoms with Crippen molar-refractivity contribution in [2.75, 3.05) is 12.4 Å². The van der Waals surface area contributed by atoms with Crippen LogP contribution in [0.5, 0.6) is 5.75 Å². The molecule has 0 bridgehead atoms. The van der Waals surface area contributed by atoms with Crippen LogP contribution in [0, 0.1) is 12.7 Å². The Kier molecular flexibility index (Phi) is 4.43. The Morgan fingerprint density at radius 2 is 2.00 bits per heavy atom. The number of anilines is 1. The van der Waals surface area contributed by atoms with E-state index in [1.807, 2.05) is 25.1 Å². The molecule has 0 amide bonds. The molecule has 0 spiro atoms. The minimum atomic E-state index is -0.238. The van der Waals surface area contributed by atoms with Crippen molar-refractivity contribution in [3.05, 3.63) is 57.8 Å². The van der Waals surface area contributed by atoms with Gasteiger partial charge in [-0.25, -0.2) is 4.39 Å². The maximum absolute atomic E-state index is 13.2. The van der Waals surface area contributed by atoms with E-state index < -0.39 is 0 Å². The van der Waals surface area contributed by atoms with Gasteiger partial charge in [-0.3, -0.25) is 0 Å². The van der Waals surface area contributed by atoms with Gasteiger partial charge >= 0.3 is 0 Å². The summed E-state index contributed by atoms with van der Waals surface area (Å²) in [5.74, 6) is 0.564. The van der Waals surface area contributed by atoms with Crippen LogP contribution in [0.3, 0.4) is 0 Å². The molecule has 2 rings (SSSR count). The van der Waals surface area contributed by atoms with Crippen molar-refractivity contribution in [3.8, 4) is 5.75 Å². The first kappa shape index (κ1) is 13.9. The number of rotatable bonds is 4. The zero-order valence-electron chi connectivity index (χ0n) is 10.8. The lowest BCUT2D eigenvalue weighted by atomic mass is 10.1. The van der Waals surface area contributed by atoms with Gasteiger partial charge in [-0.1, -0.05) is 22.0 Å². The minimum absolute atomic E-state index is 0.238. The van der Waals surface area contributed by atoms with Gasteiger partial charge in [0.15, 0.2) is 0 Å². The molecule has 4 heteroatoms. The Morgan fingerprint density at radius 1 is 1.21 bits per heavy atom. The highest BCUT2D eigenvalue weighted by Gasteiger charge is 2.04. The molecule has 0 heterocycles. The first-order valence-electron chi connectivity index (χ1n) is 5.92. The first-order chi connectivity index (χ1) is 9.10. The summed E-state index contributed by atoms with van der Waals surface area (Å²) in [6.45, 7) is 2.55. The highest BCUT2D eigenvalue weighted by atomic mass is 79.9. The van der Waals surface area contributed by atoms with E-state index in [2.05, 4.69) is 21.2 Å². The molecule has 0 saturated carbocycles. The molecule has 0 aliphatic rings. The maximum Gasteiger partial charge on any atom is 0.125 e.